The number of halogens is 1. The Balaban J connectivity index is 1.41. The minimum atomic E-state index is -0.331. The van der Waals surface area contributed by atoms with Gasteiger partial charge in [0.25, 0.3) is 5.56 Å². The van der Waals surface area contributed by atoms with Crippen LogP contribution in [0.15, 0.2) is 64.8 Å². The zero-order valence-electron chi connectivity index (χ0n) is 17.1. The van der Waals surface area contributed by atoms with Crippen molar-refractivity contribution >= 4 is 34.7 Å². The molecule has 1 N–H and O–H groups in total. The van der Waals surface area contributed by atoms with Crippen molar-refractivity contribution in [2.24, 2.45) is 0 Å². The maximum atomic E-state index is 12.9. The number of thiazole rings is 1. The van der Waals surface area contributed by atoms with Gasteiger partial charge in [-0.15, -0.1) is 22.7 Å². The summed E-state index contributed by atoms with van der Waals surface area (Å²) in [5.41, 5.74) is 2.00. The second kappa shape index (κ2) is 9.80. The van der Waals surface area contributed by atoms with Gasteiger partial charge in [-0.05, 0) is 48.2 Å². The average Bonchev–Trinajstić information content (AvgIpc) is 3.45. The van der Waals surface area contributed by atoms with Gasteiger partial charge in [-0.2, -0.15) is 5.10 Å². The molecule has 3 heterocycles. The number of aromatic nitrogens is 3. The quantitative estimate of drug-likeness (QED) is 0.410. The van der Waals surface area contributed by atoms with Crippen molar-refractivity contribution in [3.05, 3.63) is 87.4 Å². The second-order valence-corrected chi connectivity index (χ2v) is 8.81. The normalized spacial score (nSPS) is 11.2. The number of nitrogens with zero attached hydrogens (tertiary/aromatic N) is 3. The van der Waals surface area contributed by atoms with E-state index in [1.165, 1.54) is 40.3 Å². The van der Waals surface area contributed by atoms with E-state index in [4.69, 9.17) is 0 Å². The van der Waals surface area contributed by atoms with E-state index in [0.29, 0.717) is 11.3 Å². The van der Waals surface area contributed by atoms with Crippen molar-refractivity contribution < 1.29 is 9.18 Å². The molecule has 4 aromatic rings. The minimum absolute atomic E-state index is 0.235. The zero-order chi connectivity index (χ0) is 22.5. The number of thiophene rings is 1. The molecule has 4 rings (SSSR count). The van der Waals surface area contributed by atoms with Crippen LogP contribution in [0.3, 0.4) is 0 Å². The van der Waals surface area contributed by atoms with E-state index in [0.717, 1.165) is 20.5 Å². The van der Waals surface area contributed by atoms with Gasteiger partial charge in [-0.25, -0.2) is 14.1 Å². The molecule has 1 amide bonds. The molecule has 32 heavy (non-hydrogen) atoms. The highest BCUT2D eigenvalue weighted by Gasteiger charge is 2.14. The molecule has 0 saturated carbocycles. The Hall–Kier alpha value is -3.43. The Morgan fingerprint density at radius 2 is 2.00 bits per heavy atom. The van der Waals surface area contributed by atoms with Crippen molar-refractivity contribution in [2.45, 2.75) is 13.5 Å². The Kier molecular flexibility index (Phi) is 6.67. The largest absolute Gasteiger partial charge is 0.351 e. The lowest BCUT2D eigenvalue weighted by Gasteiger charge is -2.07. The number of hydrogen-bond acceptors (Lipinski definition) is 6. The summed E-state index contributed by atoms with van der Waals surface area (Å²) in [5, 5.41) is 10.1. The number of benzene rings is 1. The fourth-order valence-corrected chi connectivity index (χ4v) is 4.79. The van der Waals surface area contributed by atoms with Crippen LogP contribution < -0.4 is 10.9 Å². The molecule has 0 fully saturated rings. The lowest BCUT2D eigenvalue weighted by Crippen LogP contribution is -2.31. The number of carbonyl (C=O) groups is 1. The Morgan fingerprint density at radius 1 is 1.19 bits per heavy atom. The highest BCUT2D eigenvalue weighted by molar-refractivity contribution is 7.23. The first-order chi connectivity index (χ1) is 15.5. The van der Waals surface area contributed by atoms with Gasteiger partial charge in [0.15, 0.2) is 0 Å². The molecule has 3 aromatic heterocycles. The molecule has 9 heteroatoms. The van der Waals surface area contributed by atoms with E-state index in [-0.39, 0.29) is 30.4 Å². The molecular weight excluding hydrogens is 447 g/mol. The molecule has 0 aliphatic rings. The molecule has 6 nitrogen and oxygen atoms in total. The van der Waals surface area contributed by atoms with E-state index in [1.54, 1.807) is 35.6 Å². The van der Waals surface area contributed by atoms with Crippen LogP contribution >= 0.6 is 22.7 Å². The molecule has 0 aliphatic heterocycles. The molecule has 0 saturated heterocycles. The third-order valence-electron chi connectivity index (χ3n) is 4.55. The lowest BCUT2D eigenvalue weighted by atomic mass is 10.2. The first-order valence-electron chi connectivity index (χ1n) is 9.81. The molecule has 0 radical (unpaired) electrons. The number of nitrogens with one attached hydrogen (secondary N) is 1. The third kappa shape index (κ3) is 5.24. The highest BCUT2D eigenvalue weighted by atomic mass is 32.1. The molecule has 0 spiro atoms. The summed E-state index contributed by atoms with van der Waals surface area (Å²) < 4.78 is 14.3. The van der Waals surface area contributed by atoms with Gasteiger partial charge in [0.1, 0.15) is 16.5 Å². The predicted octanol–water partition coefficient (Wildman–Crippen LogP) is 4.37. The van der Waals surface area contributed by atoms with Crippen LogP contribution in [0.25, 0.3) is 26.5 Å². The third-order valence-corrected chi connectivity index (χ3v) is 6.77. The van der Waals surface area contributed by atoms with Crippen molar-refractivity contribution in [3.63, 3.8) is 0 Å². The topological polar surface area (TPSA) is 76.9 Å². The average molecular weight is 467 g/mol. The monoisotopic (exact) mass is 466 g/mol. The summed E-state index contributed by atoms with van der Waals surface area (Å²) in [6.45, 7) is 2.40. The predicted molar refractivity (Wildman–Crippen MR) is 126 cm³/mol. The molecular formula is C23H19FN4O2S2. The van der Waals surface area contributed by atoms with E-state index in [9.17, 15) is 14.0 Å². The van der Waals surface area contributed by atoms with Crippen LogP contribution in [0.2, 0.25) is 0 Å². The summed E-state index contributed by atoms with van der Waals surface area (Å²) >= 11 is 3.16. The maximum absolute atomic E-state index is 12.9. The van der Waals surface area contributed by atoms with Gasteiger partial charge in [-0.1, -0.05) is 18.2 Å². The van der Waals surface area contributed by atoms with Crippen molar-refractivity contribution in [2.75, 3.05) is 6.54 Å². The van der Waals surface area contributed by atoms with Gasteiger partial charge < -0.3 is 5.32 Å². The molecule has 0 atom stereocenters. The fraction of sp³-hybridized carbons (Fsp3) is 0.130. The van der Waals surface area contributed by atoms with Crippen LogP contribution in [0.5, 0.6) is 0 Å². The molecule has 0 unspecified atom stereocenters. The highest BCUT2D eigenvalue weighted by Crippen LogP contribution is 2.35. The molecule has 1 aromatic carbocycles. The Bertz CT molecular complexity index is 1310. The fourth-order valence-electron chi connectivity index (χ4n) is 2.96. The number of aryl methyl sites for hydroxylation is 1. The van der Waals surface area contributed by atoms with Gasteiger partial charge in [0, 0.05) is 18.7 Å². The molecule has 162 valence electrons. The zero-order valence-corrected chi connectivity index (χ0v) is 18.8. The maximum Gasteiger partial charge on any atom is 0.266 e. The van der Waals surface area contributed by atoms with Crippen LogP contribution in [0, 0.1) is 12.7 Å². The number of carbonyl (C=O) groups excluding carboxylic acids is 1. The van der Waals surface area contributed by atoms with Gasteiger partial charge in [-0.3, -0.25) is 9.59 Å². The van der Waals surface area contributed by atoms with E-state index in [2.05, 4.69) is 15.4 Å². The van der Waals surface area contributed by atoms with Crippen LogP contribution in [-0.2, 0) is 11.3 Å². The van der Waals surface area contributed by atoms with Crippen molar-refractivity contribution in [1.29, 1.82) is 0 Å². The summed E-state index contributed by atoms with van der Waals surface area (Å²) in [6, 6.07) is 13.0. The lowest BCUT2D eigenvalue weighted by molar-refractivity contribution is -0.116. The summed E-state index contributed by atoms with van der Waals surface area (Å²) in [7, 11) is 0. The second-order valence-electron chi connectivity index (χ2n) is 6.87. The van der Waals surface area contributed by atoms with Crippen LogP contribution in [-0.4, -0.2) is 27.2 Å². The van der Waals surface area contributed by atoms with E-state index >= 15 is 0 Å². The number of amides is 1. The summed E-state index contributed by atoms with van der Waals surface area (Å²) in [4.78, 5) is 30.9. The van der Waals surface area contributed by atoms with Crippen molar-refractivity contribution in [1.82, 2.24) is 20.1 Å². The first-order valence-corrected chi connectivity index (χ1v) is 11.5. The molecule has 0 bridgehead atoms. The van der Waals surface area contributed by atoms with Crippen molar-refractivity contribution in [3.8, 4) is 20.5 Å². The first kappa shape index (κ1) is 21.8. The van der Waals surface area contributed by atoms with E-state index in [1.807, 2.05) is 24.4 Å². The molecule has 0 aliphatic carbocycles. The number of hydrogen-bond donors (Lipinski definition) is 1. The van der Waals surface area contributed by atoms with Gasteiger partial charge in [0.2, 0.25) is 5.91 Å². The Labute approximate surface area is 191 Å². The van der Waals surface area contributed by atoms with Crippen LogP contribution in [0.4, 0.5) is 4.39 Å². The minimum Gasteiger partial charge on any atom is -0.351 e. The Morgan fingerprint density at radius 3 is 2.75 bits per heavy atom. The standard InChI is InChI=1S/C23H19FN4O2S2/c1-15-22(32-23(26-15)19-3-2-14-31-19)18-9-11-21(30)28(27-18)13-12-25-20(29)10-6-16-4-7-17(24)8-5-16/h2-11,14H,12-13H2,1H3,(H,25,29). The summed E-state index contributed by atoms with van der Waals surface area (Å²) in [5.74, 6) is -0.638. The van der Waals surface area contributed by atoms with E-state index < -0.39 is 0 Å². The SMILES string of the molecule is Cc1nc(-c2cccs2)sc1-c1ccc(=O)n(CCNC(=O)C=Cc2ccc(F)cc2)n1. The van der Waals surface area contributed by atoms with Gasteiger partial charge in [0.05, 0.1) is 22.0 Å². The van der Waals surface area contributed by atoms with Crippen LogP contribution in [0.1, 0.15) is 11.3 Å². The van der Waals surface area contributed by atoms with Gasteiger partial charge >= 0.3 is 0 Å². The smallest absolute Gasteiger partial charge is 0.266 e. The number of rotatable bonds is 7. The summed E-state index contributed by atoms with van der Waals surface area (Å²) in [6.07, 6.45) is 2.96.